The number of allylic oxidation sites excluding steroid dienone is 1. The first-order valence-corrected chi connectivity index (χ1v) is 7.89. The number of para-hydroxylation sites is 1. The second-order valence-electron chi connectivity index (χ2n) is 5.55. The zero-order valence-electron chi connectivity index (χ0n) is 12.8. The first-order valence-electron chi connectivity index (χ1n) is 7.89. The van der Waals surface area contributed by atoms with Crippen LogP contribution in [0.4, 0.5) is 0 Å². The lowest BCUT2D eigenvalue weighted by Crippen LogP contribution is -2.34. The topological polar surface area (TPSA) is 21.3 Å². The summed E-state index contributed by atoms with van der Waals surface area (Å²) in [6.45, 7) is 3.31. The van der Waals surface area contributed by atoms with E-state index >= 15 is 0 Å². The normalized spacial score (nSPS) is 16.6. The molecule has 20 heavy (non-hydrogen) atoms. The van der Waals surface area contributed by atoms with Gasteiger partial charge in [0, 0.05) is 6.04 Å². The van der Waals surface area contributed by atoms with Gasteiger partial charge in [0.25, 0.3) is 0 Å². The van der Waals surface area contributed by atoms with Crippen LogP contribution in [0.3, 0.4) is 0 Å². The molecule has 1 aromatic rings. The van der Waals surface area contributed by atoms with Crippen molar-refractivity contribution in [2.24, 2.45) is 0 Å². The fraction of sp³-hybridized carbons (Fsp3) is 0.556. The van der Waals surface area contributed by atoms with Crippen LogP contribution in [0, 0.1) is 0 Å². The zero-order chi connectivity index (χ0) is 14.2. The molecule has 0 bridgehead atoms. The minimum Gasteiger partial charge on any atom is -0.496 e. The van der Waals surface area contributed by atoms with E-state index < -0.39 is 0 Å². The van der Waals surface area contributed by atoms with E-state index in [1.807, 2.05) is 6.07 Å². The Morgan fingerprint density at radius 1 is 1.25 bits per heavy atom. The van der Waals surface area contributed by atoms with E-state index in [-0.39, 0.29) is 0 Å². The maximum atomic E-state index is 5.49. The second-order valence-corrected chi connectivity index (χ2v) is 5.55. The number of hydrogen-bond acceptors (Lipinski definition) is 2. The van der Waals surface area contributed by atoms with Gasteiger partial charge in [-0.15, -0.1) is 0 Å². The molecule has 1 N–H and O–H groups in total. The molecular weight excluding hydrogens is 246 g/mol. The Morgan fingerprint density at radius 2 is 2.10 bits per heavy atom. The molecule has 2 heteroatoms. The van der Waals surface area contributed by atoms with Gasteiger partial charge < -0.3 is 10.1 Å². The van der Waals surface area contributed by atoms with Crippen LogP contribution >= 0.6 is 0 Å². The zero-order valence-corrected chi connectivity index (χ0v) is 12.8. The Bertz CT molecular complexity index is 439. The van der Waals surface area contributed by atoms with Gasteiger partial charge in [-0.2, -0.15) is 0 Å². The number of rotatable bonds is 7. The lowest BCUT2D eigenvalue weighted by atomic mass is 9.90. The lowest BCUT2D eigenvalue weighted by Gasteiger charge is -2.25. The third-order valence-electron chi connectivity index (χ3n) is 4.03. The number of benzene rings is 1. The van der Waals surface area contributed by atoms with Crippen molar-refractivity contribution in [1.82, 2.24) is 5.32 Å². The average Bonchev–Trinajstić information content (AvgIpc) is 2.52. The van der Waals surface area contributed by atoms with Gasteiger partial charge in [-0.3, -0.25) is 0 Å². The van der Waals surface area contributed by atoms with Crippen LogP contribution in [0.5, 0.6) is 5.75 Å². The highest BCUT2D eigenvalue weighted by Gasteiger charge is 2.17. The number of ether oxygens (including phenoxy) is 1. The van der Waals surface area contributed by atoms with Gasteiger partial charge in [0.15, 0.2) is 0 Å². The molecule has 1 unspecified atom stereocenters. The Kier molecular flexibility index (Phi) is 6.13. The molecule has 1 aliphatic carbocycles. The van der Waals surface area contributed by atoms with Gasteiger partial charge in [0.05, 0.1) is 7.11 Å². The maximum absolute atomic E-state index is 5.49. The highest BCUT2D eigenvalue weighted by molar-refractivity contribution is 5.35. The molecule has 110 valence electrons. The third kappa shape index (κ3) is 4.11. The summed E-state index contributed by atoms with van der Waals surface area (Å²) in [6, 6.07) is 8.84. The molecular formula is C18H27NO. The van der Waals surface area contributed by atoms with E-state index in [4.69, 9.17) is 4.74 Å². The standard InChI is InChI=1S/C18H27NO/c1-3-13-19-17(15-9-5-4-6-10-15)14-16-11-7-8-12-18(16)20-2/h7-9,11-12,17,19H,3-6,10,13-14H2,1-2H3. The molecule has 0 spiro atoms. The van der Waals surface area contributed by atoms with E-state index in [0.29, 0.717) is 6.04 Å². The van der Waals surface area contributed by atoms with Crippen molar-refractivity contribution in [3.8, 4) is 5.75 Å². The Balaban J connectivity index is 2.12. The lowest BCUT2D eigenvalue weighted by molar-refractivity contribution is 0.406. The number of methoxy groups -OCH3 is 1. The fourth-order valence-electron chi connectivity index (χ4n) is 2.92. The molecule has 2 nitrogen and oxygen atoms in total. The van der Waals surface area contributed by atoms with E-state index in [9.17, 15) is 0 Å². The van der Waals surface area contributed by atoms with Crippen LogP contribution in [0.15, 0.2) is 35.9 Å². The van der Waals surface area contributed by atoms with Gasteiger partial charge in [0.2, 0.25) is 0 Å². The predicted octanol–water partition coefficient (Wildman–Crippen LogP) is 4.11. The minimum atomic E-state index is 0.464. The molecule has 2 rings (SSSR count). The first-order chi connectivity index (χ1) is 9.85. The highest BCUT2D eigenvalue weighted by Crippen LogP contribution is 2.25. The SMILES string of the molecule is CCCNC(Cc1ccccc1OC)C1=CCCCC1. The molecule has 1 aliphatic rings. The van der Waals surface area contributed by atoms with Crippen LogP contribution < -0.4 is 10.1 Å². The second kappa shape index (κ2) is 8.11. The third-order valence-corrected chi connectivity index (χ3v) is 4.03. The molecule has 0 amide bonds. The van der Waals surface area contributed by atoms with E-state index in [1.54, 1.807) is 12.7 Å². The van der Waals surface area contributed by atoms with Crippen molar-refractivity contribution in [1.29, 1.82) is 0 Å². The van der Waals surface area contributed by atoms with Crippen LogP contribution in [-0.2, 0) is 6.42 Å². The van der Waals surface area contributed by atoms with Gasteiger partial charge in [-0.05, 0) is 56.7 Å². The Morgan fingerprint density at radius 3 is 2.80 bits per heavy atom. The Labute approximate surface area is 123 Å². The van der Waals surface area contributed by atoms with Crippen LogP contribution in [0.2, 0.25) is 0 Å². The van der Waals surface area contributed by atoms with E-state index in [0.717, 1.165) is 18.7 Å². The van der Waals surface area contributed by atoms with Crippen molar-refractivity contribution >= 4 is 0 Å². The largest absolute Gasteiger partial charge is 0.496 e. The quantitative estimate of drug-likeness (QED) is 0.755. The highest BCUT2D eigenvalue weighted by atomic mass is 16.5. The molecule has 0 fully saturated rings. The van der Waals surface area contributed by atoms with Crippen LogP contribution in [0.25, 0.3) is 0 Å². The van der Waals surface area contributed by atoms with E-state index in [1.165, 1.54) is 37.7 Å². The van der Waals surface area contributed by atoms with Crippen LogP contribution in [0.1, 0.15) is 44.6 Å². The summed E-state index contributed by atoms with van der Waals surface area (Å²) < 4.78 is 5.49. The molecule has 1 aromatic carbocycles. The molecule has 0 saturated heterocycles. The van der Waals surface area contributed by atoms with Gasteiger partial charge in [-0.1, -0.05) is 36.8 Å². The van der Waals surface area contributed by atoms with E-state index in [2.05, 4.69) is 36.5 Å². The molecule has 0 heterocycles. The number of hydrogen-bond donors (Lipinski definition) is 1. The van der Waals surface area contributed by atoms with Crippen molar-refractivity contribution in [2.75, 3.05) is 13.7 Å². The van der Waals surface area contributed by atoms with Crippen molar-refractivity contribution in [2.45, 2.75) is 51.5 Å². The summed E-state index contributed by atoms with van der Waals surface area (Å²) in [5.74, 6) is 1.01. The molecule has 0 aliphatic heterocycles. The van der Waals surface area contributed by atoms with Gasteiger partial charge in [-0.25, -0.2) is 0 Å². The van der Waals surface area contributed by atoms with Gasteiger partial charge >= 0.3 is 0 Å². The predicted molar refractivity (Wildman–Crippen MR) is 85.3 cm³/mol. The summed E-state index contributed by atoms with van der Waals surface area (Å²) in [6.07, 6.45) is 9.82. The van der Waals surface area contributed by atoms with Gasteiger partial charge in [0.1, 0.15) is 5.75 Å². The summed E-state index contributed by atoms with van der Waals surface area (Å²) in [5, 5.41) is 3.72. The van der Waals surface area contributed by atoms with Crippen LogP contribution in [-0.4, -0.2) is 19.7 Å². The molecule has 0 saturated carbocycles. The van der Waals surface area contributed by atoms with Crippen molar-refractivity contribution < 1.29 is 4.74 Å². The summed E-state index contributed by atoms with van der Waals surface area (Å²) in [7, 11) is 1.76. The smallest absolute Gasteiger partial charge is 0.122 e. The summed E-state index contributed by atoms with van der Waals surface area (Å²) >= 11 is 0. The Hall–Kier alpha value is -1.28. The minimum absolute atomic E-state index is 0.464. The summed E-state index contributed by atoms with van der Waals surface area (Å²) in [5.41, 5.74) is 2.89. The molecule has 0 radical (unpaired) electrons. The maximum Gasteiger partial charge on any atom is 0.122 e. The summed E-state index contributed by atoms with van der Waals surface area (Å²) in [4.78, 5) is 0. The number of nitrogens with one attached hydrogen (secondary N) is 1. The monoisotopic (exact) mass is 273 g/mol. The molecule has 1 atom stereocenters. The van der Waals surface area contributed by atoms with Crippen molar-refractivity contribution in [3.63, 3.8) is 0 Å². The first kappa shape index (κ1) is 15.1. The molecule has 0 aromatic heterocycles. The van der Waals surface area contributed by atoms with Crippen molar-refractivity contribution in [3.05, 3.63) is 41.5 Å². The fourth-order valence-corrected chi connectivity index (χ4v) is 2.92. The average molecular weight is 273 g/mol.